The van der Waals surface area contributed by atoms with Crippen LogP contribution in [0.1, 0.15) is 11.1 Å². The van der Waals surface area contributed by atoms with Crippen LogP contribution in [0.2, 0.25) is 0 Å². The maximum atomic E-state index is 11.6. The normalized spacial score (nSPS) is 11.1. The zero-order chi connectivity index (χ0) is 17.0. The SMILES string of the molecule is COc1ccccc1/C(=C/c1ccc(O)c([N+](=O)[O-])c1)C(=O)O. The van der Waals surface area contributed by atoms with E-state index in [1.54, 1.807) is 24.3 Å². The monoisotopic (exact) mass is 315 g/mol. The summed E-state index contributed by atoms with van der Waals surface area (Å²) in [5, 5.41) is 29.7. The van der Waals surface area contributed by atoms with Gasteiger partial charge in [-0.1, -0.05) is 24.3 Å². The number of ether oxygens (including phenoxy) is 1. The summed E-state index contributed by atoms with van der Waals surface area (Å²) in [6.45, 7) is 0. The summed E-state index contributed by atoms with van der Waals surface area (Å²) in [4.78, 5) is 21.7. The van der Waals surface area contributed by atoms with E-state index in [9.17, 15) is 25.1 Å². The Kier molecular flexibility index (Phi) is 4.61. The van der Waals surface area contributed by atoms with Crippen LogP contribution in [0.4, 0.5) is 5.69 Å². The molecule has 23 heavy (non-hydrogen) atoms. The van der Waals surface area contributed by atoms with Crippen LogP contribution in [0.15, 0.2) is 42.5 Å². The predicted octanol–water partition coefficient (Wildman–Crippen LogP) is 2.93. The number of aliphatic carboxylic acids is 1. The lowest BCUT2D eigenvalue weighted by Crippen LogP contribution is -2.02. The van der Waals surface area contributed by atoms with Gasteiger partial charge >= 0.3 is 11.7 Å². The minimum absolute atomic E-state index is 0.0811. The number of nitrogens with zero attached hydrogens (tertiary/aromatic N) is 1. The van der Waals surface area contributed by atoms with Crippen LogP contribution in [0.5, 0.6) is 11.5 Å². The van der Waals surface area contributed by atoms with Crippen LogP contribution in [0.3, 0.4) is 0 Å². The molecule has 0 bridgehead atoms. The Bertz CT molecular complexity index is 797. The molecule has 7 heteroatoms. The van der Waals surface area contributed by atoms with Gasteiger partial charge in [0, 0.05) is 11.6 Å². The zero-order valence-corrected chi connectivity index (χ0v) is 12.1. The molecule has 0 aliphatic rings. The third-order valence-corrected chi connectivity index (χ3v) is 3.13. The van der Waals surface area contributed by atoms with Crippen LogP contribution in [-0.2, 0) is 4.79 Å². The number of methoxy groups -OCH3 is 1. The molecule has 0 unspecified atom stereocenters. The van der Waals surface area contributed by atoms with Crippen molar-refractivity contribution in [1.29, 1.82) is 0 Å². The van der Waals surface area contributed by atoms with E-state index in [-0.39, 0.29) is 11.1 Å². The molecular weight excluding hydrogens is 302 g/mol. The van der Waals surface area contributed by atoms with E-state index in [0.717, 1.165) is 12.1 Å². The van der Waals surface area contributed by atoms with Crippen LogP contribution in [0, 0.1) is 10.1 Å². The van der Waals surface area contributed by atoms with Crippen molar-refractivity contribution in [2.75, 3.05) is 7.11 Å². The first-order valence-corrected chi connectivity index (χ1v) is 6.50. The lowest BCUT2D eigenvalue weighted by atomic mass is 10.0. The molecule has 0 aromatic heterocycles. The second-order valence-corrected chi connectivity index (χ2v) is 4.57. The molecule has 0 aliphatic heterocycles. The average Bonchev–Trinajstić information content (AvgIpc) is 2.53. The van der Waals surface area contributed by atoms with E-state index in [2.05, 4.69) is 0 Å². The van der Waals surface area contributed by atoms with Gasteiger partial charge in [0.25, 0.3) is 0 Å². The lowest BCUT2D eigenvalue weighted by Gasteiger charge is -2.09. The van der Waals surface area contributed by atoms with E-state index in [0.29, 0.717) is 11.3 Å². The first-order chi connectivity index (χ1) is 10.9. The minimum Gasteiger partial charge on any atom is -0.502 e. The number of benzene rings is 2. The number of phenols is 1. The zero-order valence-electron chi connectivity index (χ0n) is 12.1. The number of carboxylic acids is 1. The maximum Gasteiger partial charge on any atom is 0.336 e. The number of nitro benzene ring substituents is 1. The molecule has 0 radical (unpaired) electrons. The number of carboxylic acid groups (broad SMARTS) is 1. The van der Waals surface area contributed by atoms with Crippen molar-refractivity contribution in [1.82, 2.24) is 0 Å². The van der Waals surface area contributed by atoms with Gasteiger partial charge in [-0.3, -0.25) is 10.1 Å². The smallest absolute Gasteiger partial charge is 0.336 e. The Morgan fingerprint density at radius 3 is 2.57 bits per heavy atom. The molecular formula is C16H13NO6. The molecule has 0 spiro atoms. The van der Waals surface area contributed by atoms with Crippen molar-refractivity contribution < 1.29 is 24.7 Å². The maximum absolute atomic E-state index is 11.6. The predicted molar refractivity (Wildman–Crippen MR) is 83.3 cm³/mol. The molecule has 118 valence electrons. The van der Waals surface area contributed by atoms with Gasteiger partial charge in [-0.25, -0.2) is 4.79 Å². The van der Waals surface area contributed by atoms with Crippen molar-refractivity contribution in [3.8, 4) is 11.5 Å². The van der Waals surface area contributed by atoms with Gasteiger partial charge in [0.2, 0.25) is 0 Å². The molecule has 0 saturated heterocycles. The Balaban J connectivity index is 2.58. The molecule has 7 nitrogen and oxygen atoms in total. The Morgan fingerprint density at radius 2 is 1.96 bits per heavy atom. The average molecular weight is 315 g/mol. The highest BCUT2D eigenvalue weighted by Crippen LogP contribution is 2.31. The summed E-state index contributed by atoms with van der Waals surface area (Å²) in [6.07, 6.45) is 1.28. The van der Waals surface area contributed by atoms with Crippen LogP contribution in [-0.4, -0.2) is 28.2 Å². The number of carbonyl (C=O) groups is 1. The molecule has 0 saturated carbocycles. The molecule has 0 fully saturated rings. The van der Waals surface area contributed by atoms with Gasteiger partial charge in [0.05, 0.1) is 17.6 Å². The van der Waals surface area contributed by atoms with Gasteiger partial charge in [0.1, 0.15) is 5.75 Å². The van der Waals surface area contributed by atoms with Gasteiger partial charge in [-0.15, -0.1) is 0 Å². The fourth-order valence-corrected chi connectivity index (χ4v) is 2.06. The van der Waals surface area contributed by atoms with Gasteiger partial charge in [0.15, 0.2) is 5.75 Å². The van der Waals surface area contributed by atoms with E-state index >= 15 is 0 Å². The van der Waals surface area contributed by atoms with Crippen LogP contribution in [0.25, 0.3) is 11.6 Å². The Morgan fingerprint density at radius 1 is 1.26 bits per heavy atom. The van der Waals surface area contributed by atoms with Gasteiger partial charge in [-0.05, 0) is 23.8 Å². The van der Waals surface area contributed by atoms with Crippen molar-refractivity contribution in [3.63, 3.8) is 0 Å². The summed E-state index contributed by atoms with van der Waals surface area (Å²) in [6, 6.07) is 10.2. The van der Waals surface area contributed by atoms with Crippen molar-refractivity contribution in [3.05, 3.63) is 63.7 Å². The summed E-state index contributed by atoms with van der Waals surface area (Å²) < 4.78 is 5.14. The third kappa shape index (κ3) is 3.46. The number of nitro groups is 1. The number of rotatable bonds is 5. The topological polar surface area (TPSA) is 110 Å². The van der Waals surface area contributed by atoms with Crippen LogP contribution < -0.4 is 4.74 Å². The Labute approximate surface area is 131 Å². The fraction of sp³-hybridized carbons (Fsp3) is 0.0625. The molecule has 0 atom stereocenters. The van der Waals surface area contributed by atoms with E-state index in [4.69, 9.17) is 4.74 Å². The van der Waals surface area contributed by atoms with Crippen LogP contribution >= 0.6 is 0 Å². The fourth-order valence-electron chi connectivity index (χ4n) is 2.06. The van der Waals surface area contributed by atoms with E-state index in [1.165, 1.54) is 19.3 Å². The molecule has 2 aromatic carbocycles. The first kappa shape index (κ1) is 16.0. The van der Waals surface area contributed by atoms with Gasteiger partial charge in [-0.2, -0.15) is 0 Å². The summed E-state index contributed by atoms with van der Waals surface area (Å²) in [5.41, 5.74) is 0.0435. The lowest BCUT2D eigenvalue weighted by molar-refractivity contribution is -0.385. The number of hydrogen-bond acceptors (Lipinski definition) is 5. The van der Waals surface area contributed by atoms with Crippen molar-refractivity contribution in [2.45, 2.75) is 0 Å². The quantitative estimate of drug-likeness (QED) is 0.380. The van der Waals surface area contributed by atoms with Crippen molar-refractivity contribution in [2.24, 2.45) is 0 Å². The Hall–Kier alpha value is -3.35. The molecule has 2 aromatic rings. The standard InChI is InChI=1S/C16H13NO6/c1-23-15-5-3-2-4-11(15)12(16(19)20)8-10-6-7-14(18)13(9-10)17(21)22/h2-9,18H,1H3,(H,19,20)/b12-8-. The first-order valence-electron chi connectivity index (χ1n) is 6.50. The largest absolute Gasteiger partial charge is 0.502 e. The van der Waals surface area contributed by atoms with Gasteiger partial charge < -0.3 is 14.9 Å². The summed E-state index contributed by atoms with van der Waals surface area (Å²) in [7, 11) is 1.42. The summed E-state index contributed by atoms with van der Waals surface area (Å²) in [5.74, 6) is -1.32. The number of aromatic hydroxyl groups is 1. The van der Waals surface area contributed by atoms with Crippen molar-refractivity contribution >= 4 is 23.3 Å². The highest BCUT2D eigenvalue weighted by Gasteiger charge is 2.17. The number of phenolic OH excluding ortho intramolecular Hbond substituents is 1. The van der Waals surface area contributed by atoms with E-state index < -0.39 is 22.3 Å². The molecule has 2 rings (SSSR count). The second kappa shape index (κ2) is 6.61. The summed E-state index contributed by atoms with van der Waals surface area (Å²) >= 11 is 0. The molecule has 0 amide bonds. The minimum atomic E-state index is -1.20. The highest BCUT2D eigenvalue weighted by molar-refractivity contribution is 6.21. The molecule has 0 aliphatic carbocycles. The number of para-hydroxylation sites is 1. The molecule has 2 N–H and O–H groups in total. The third-order valence-electron chi connectivity index (χ3n) is 3.13. The second-order valence-electron chi connectivity index (χ2n) is 4.57. The molecule has 0 heterocycles. The van der Waals surface area contributed by atoms with E-state index in [1.807, 2.05) is 0 Å². The number of hydrogen-bond donors (Lipinski definition) is 2. The highest BCUT2D eigenvalue weighted by atomic mass is 16.6.